The second kappa shape index (κ2) is 4.42. The van der Waals surface area contributed by atoms with Crippen molar-refractivity contribution in [1.82, 2.24) is 0 Å². The van der Waals surface area contributed by atoms with Crippen LogP contribution in [0.4, 0.5) is 11.4 Å². The maximum Gasteiger partial charge on any atom is 0.270 e. The van der Waals surface area contributed by atoms with Gasteiger partial charge in [-0.25, -0.2) is 0 Å². The predicted octanol–water partition coefficient (Wildman–Crippen LogP) is 1.45. The van der Waals surface area contributed by atoms with Crippen molar-refractivity contribution in [2.45, 2.75) is 12.5 Å². The number of carbonyl (C=O) groups is 1. The van der Waals surface area contributed by atoms with Gasteiger partial charge in [0.05, 0.1) is 29.7 Å². The quantitative estimate of drug-likeness (QED) is 0.662. The third-order valence-electron chi connectivity index (χ3n) is 2.54. The van der Waals surface area contributed by atoms with Crippen molar-refractivity contribution >= 4 is 33.2 Å². The molecule has 1 heterocycles. The van der Waals surface area contributed by atoms with Crippen LogP contribution in [0.15, 0.2) is 22.7 Å². The molecular weight excluding hydrogens is 292 g/mol. The van der Waals surface area contributed by atoms with Crippen LogP contribution in [0.2, 0.25) is 0 Å². The molecule has 2 rings (SSSR count). The normalized spacial score (nSPS) is 19.8. The highest BCUT2D eigenvalue weighted by Crippen LogP contribution is 2.32. The van der Waals surface area contributed by atoms with Crippen molar-refractivity contribution < 1.29 is 14.8 Å². The molecule has 6 nitrogen and oxygen atoms in total. The molecule has 1 fully saturated rings. The number of hydrogen-bond donors (Lipinski definition) is 1. The number of anilines is 1. The number of nitro groups is 1. The smallest absolute Gasteiger partial charge is 0.270 e. The van der Waals surface area contributed by atoms with Gasteiger partial charge < -0.3 is 10.0 Å². The molecule has 1 amide bonds. The first kappa shape index (κ1) is 12.0. The zero-order valence-electron chi connectivity index (χ0n) is 8.67. The van der Waals surface area contributed by atoms with Crippen LogP contribution in [0.25, 0.3) is 0 Å². The molecule has 1 unspecified atom stereocenters. The average molecular weight is 301 g/mol. The molecule has 17 heavy (non-hydrogen) atoms. The summed E-state index contributed by atoms with van der Waals surface area (Å²) in [6.07, 6.45) is -0.590. The lowest BCUT2D eigenvalue weighted by Crippen LogP contribution is -2.25. The molecule has 1 atom stereocenters. The van der Waals surface area contributed by atoms with E-state index in [4.69, 9.17) is 0 Å². The van der Waals surface area contributed by atoms with E-state index in [1.165, 1.54) is 23.1 Å². The van der Waals surface area contributed by atoms with E-state index in [2.05, 4.69) is 15.9 Å². The highest BCUT2D eigenvalue weighted by Gasteiger charge is 2.30. The van der Waals surface area contributed by atoms with Crippen LogP contribution < -0.4 is 4.90 Å². The average Bonchev–Trinajstić information content (AvgIpc) is 2.57. The Morgan fingerprint density at radius 1 is 1.53 bits per heavy atom. The third-order valence-corrected chi connectivity index (χ3v) is 3.17. The molecule has 7 heteroatoms. The Morgan fingerprint density at radius 3 is 2.71 bits per heavy atom. The van der Waals surface area contributed by atoms with Gasteiger partial charge in [-0.15, -0.1) is 0 Å². The van der Waals surface area contributed by atoms with Crippen LogP contribution >= 0.6 is 15.9 Å². The minimum Gasteiger partial charge on any atom is -0.391 e. The monoisotopic (exact) mass is 300 g/mol. The number of non-ortho nitro benzene ring substituents is 1. The molecule has 1 N–H and O–H groups in total. The molecule has 1 aromatic carbocycles. The summed E-state index contributed by atoms with van der Waals surface area (Å²) in [7, 11) is 0. The number of amides is 1. The number of benzene rings is 1. The fourth-order valence-corrected chi connectivity index (χ4v) is 2.33. The molecule has 0 spiro atoms. The lowest BCUT2D eigenvalue weighted by molar-refractivity contribution is -0.384. The molecule has 0 bridgehead atoms. The third kappa shape index (κ3) is 2.29. The largest absolute Gasteiger partial charge is 0.391 e. The standard InChI is InChI=1S/C10H9BrN2O4/c11-8-3-6(13(16)17)1-2-9(8)12-5-7(14)4-10(12)15/h1-3,7,14H,4-5H2. The number of halogens is 1. The van der Waals surface area contributed by atoms with Gasteiger partial charge in [0.1, 0.15) is 0 Å². The van der Waals surface area contributed by atoms with Crippen molar-refractivity contribution in [3.63, 3.8) is 0 Å². The number of nitrogens with zero attached hydrogens (tertiary/aromatic N) is 2. The van der Waals surface area contributed by atoms with E-state index in [9.17, 15) is 20.0 Å². The van der Waals surface area contributed by atoms with Gasteiger partial charge in [-0.2, -0.15) is 0 Å². The summed E-state index contributed by atoms with van der Waals surface area (Å²) in [4.78, 5) is 23.0. The van der Waals surface area contributed by atoms with Gasteiger partial charge >= 0.3 is 0 Å². The lowest BCUT2D eigenvalue weighted by atomic mass is 10.2. The lowest BCUT2D eigenvalue weighted by Gasteiger charge is -2.17. The van der Waals surface area contributed by atoms with Gasteiger partial charge in [0.25, 0.3) is 5.69 Å². The first-order valence-electron chi connectivity index (χ1n) is 4.91. The van der Waals surface area contributed by atoms with E-state index in [0.29, 0.717) is 10.2 Å². The maximum absolute atomic E-state index is 11.6. The summed E-state index contributed by atoms with van der Waals surface area (Å²) in [6.45, 7) is 0.218. The molecule has 1 aliphatic heterocycles. The van der Waals surface area contributed by atoms with Crippen LogP contribution in [-0.2, 0) is 4.79 Å². The number of hydrogen-bond acceptors (Lipinski definition) is 4. The second-order valence-electron chi connectivity index (χ2n) is 3.76. The SMILES string of the molecule is O=C1CC(O)CN1c1ccc([N+](=O)[O-])cc1Br. The Kier molecular flexibility index (Phi) is 3.12. The minimum atomic E-state index is -0.676. The Hall–Kier alpha value is -1.47. The Bertz CT molecular complexity index is 491. The van der Waals surface area contributed by atoms with Crippen molar-refractivity contribution in [2.24, 2.45) is 0 Å². The first-order valence-corrected chi connectivity index (χ1v) is 5.70. The Labute approximate surface area is 105 Å². The van der Waals surface area contributed by atoms with E-state index in [0.717, 1.165) is 0 Å². The molecule has 0 aliphatic carbocycles. The summed E-state index contributed by atoms with van der Waals surface area (Å²) >= 11 is 3.19. The molecular formula is C10H9BrN2O4. The molecule has 0 saturated carbocycles. The van der Waals surface area contributed by atoms with Gasteiger partial charge in [0.2, 0.25) is 5.91 Å². The van der Waals surface area contributed by atoms with Crippen molar-refractivity contribution in [3.05, 3.63) is 32.8 Å². The van der Waals surface area contributed by atoms with Crippen LogP contribution in [0.3, 0.4) is 0 Å². The molecule has 0 aromatic heterocycles. The van der Waals surface area contributed by atoms with Crippen molar-refractivity contribution in [2.75, 3.05) is 11.4 Å². The van der Waals surface area contributed by atoms with E-state index in [1.54, 1.807) is 0 Å². The van der Waals surface area contributed by atoms with Crippen LogP contribution in [0.5, 0.6) is 0 Å². The summed E-state index contributed by atoms with van der Waals surface area (Å²) in [5.74, 6) is -0.188. The number of β-amino-alcohol motifs (C(OH)–C–C–N with tert-alkyl or cyclic N) is 1. The van der Waals surface area contributed by atoms with Crippen LogP contribution in [0.1, 0.15) is 6.42 Å². The Balaban J connectivity index is 2.34. The van der Waals surface area contributed by atoms with Gasteiger partial charge in [-0.3, -0.25) is 14.9 Å². The summed E-state index contributed by atoms with van der Waals surface area (Å²) < 4.78 is 0.467. The van der Waals surface area contributed by atoms with E-state index < -0.39 is 11.0 Å². The highest BCUT2D eigenvalue weighted by molar-refractivity contribution is 9.10. The zero-order chi connectivity index (χ0) is 12.6. The van der Waals surface area contributed by atoms with Gasteiger partial charge in [0.15, 0.2) is 0 Å². The van der Waals surface area contributed by atoms with E-state index in [-0.39, 0.29) is 24.6 Å². The number of nitro benzene ring substituents is 1. The number of carbonyl (C=O) groups excluding carboxylic acids is 1. The summed E-state index contributed by atoms with van der Waals surface area (Å²) in [5, 5.41) is 19.9. The summed E-state index contributed by atoms with van der Waals surface area (Å²) in [6, 6.07) is 4.17. The van der Waals surface area contributed by atoms with Crippen LogP contribution in [0, 0.1) is 10.1 Å². The molecule has 1 saturated heterocycles. The molecule has 90 valence electrons. The van der Waals surface area contributed by atoms with Crippen molar-refractivity contribution in [1.29, 1.82) is 0 Å². The highest BCUT2D eigenvalue weighted by atomic mass is 79.9. The van der Waals surface area contributed by atoms with Crippen molar-refractivity contribution in [3.8, 4) is 0 Å². The molecule has 0 radical (unpaired) electrons. The number of aliphatic hydroxyl groups is 1. The van der Waals surface area contributed by atoms with Gasteiger partial charge in [-0.1, -0.05) is 0 Å². The maximum atomic E-state index is 11.6. The van der Waals surface area contributed by atoms with Gasteiger partial charge in [0, 0.05) is 16.6 Å². The first-order chi connectivity index (χ1) is 7.99. The minimum absolute atomic E-state index is 0.0483. The summed E-state index contributed by atoms with van der Waals surface area (Å²) in [5.41, 5.74) is 0.491. The fraction of sp³-hybridized carbons (Fsp3) is 0.300. The second-order valence-corrected chi connectivity index (χ2v) is 4.61. The Morgan fingerprint density at radius 2 is 2.24 bits per heavy atom. The molecule has 1 aliphatic rings. The van der Waals surface area contributed by atoms with Crippen LogP contribution in [-0.4, -0.2) is 28.6 Å². The number of aliphatic hydroxyl groups excluding tert-OH is 1. The predicted molar refractivity (Wildman–Crippen MR) is 63.8 cm³/mol. The van der Waals surface area contributed by atoms with Gasteiger partial charge in [-0.05, 0) is 22.0 Å². The molecule has 1 aromatic rings. The van der Waals surface area contributed by atoms with E-state index >= 15 is 0 Å². The fourth-order valence-electron chi connectivity index (χ4n) is 1.75. The zero-order valence-corrected chi connectivity index (χ0v) is 10.3. The van der Waals surface area contributed by atoms with E-state index in [1.807, 2.05) is 0 Å². The number of rotatable bonds is 2. The topological polar surface area (TPSA) is 83.7 Å².